The first-order valence-electron chi connectivity index (χ1n) is 8.78. The molecular formula is C21H16N4O4. The summed E-state index contributed by atoms with van der Waals surface area (Å²) < 4.78 is 6.91. The molecule has 4 aromatic rings. The van der Waals surface area contributed by atoms with Crippen molar-refractivity contribution in [2.24, 2.45) is 0 Å². The number of aromatic nitrogens is 2. The number of furan rings is 1. The predicted octanol–water partition coefficient (Wildman–Crippen LogP) is 4.60. The molecule has 29 heavy (non-hydrogen) atoms. The highest BCUT2D eigenvalue weighted by Gasteiger charge is 2.20. The Morgan fingerprint density at radius 1 is 1.10 bits per heavy atom. The van der Waals surface area contributed by atoms with Gasteiger partial charge in [-0.25, -0.2) is 4.68 Å². The van der Waals surface area contributed by atoms with Gasteiger partial charge in [0.15, 0.2) is 5.76 Å². The molecule has 0 aliphatic rings. The first kappa shape index (κ1) is 18.2. The summed E-state index contributed by atoms with van der Waals surface area (Å²) in [6.07, 6.45) is 1.53. The summed E-state index contributed by atoms with van der Waals surface area (Å²) in [6.45, 7) is 1.77. The zero-order chi connectivity index (χ0) is 20.4. The van der Waals surface area contributed by atoms with Gasteiger partial charge in [-0.05, 0) is 36.8 Å². The Kier molecular flexibility index (Phi) is 4.66. The van der Waals surface area contributed by atoms with Crippen LogP contribution in [0.25, 0.3) is 17.1 Å². The minimum Gasteiger partial charge on any atom is -0.463 e. The van der Waals surface area contributed by atoms with Gasteiger partial charge in [-0.2, -0.15) is 5.10 Å². The van der Waals surface area contributed by atoms with Crippen LogP contribution in [0.15, 0.2) is 77.4 Å². The molecule has 0 bridgehead atoms. The number of amides is 1. The van der Waals surface area contributed by atoms with Crippen molar-refractivity contribution in [2.75, 3.05) is 5.32 Å². The number of carbonyl (C=O) groups excluding carboxylic acids is 1. The Balaban J connectivity index is 1.75. The quantitative estimate of drug-likeness (QED) is 0.397. The minimum atomic E-state index is -0.502. The number of anilines is 1. The van der Waals surface area contributed by atoms with E-state index in [1.165, 1.54) is 23.1 Å². The minimum absolute atomic E-state index is 0.0984. The SMILES string of the molecule is Cc1ccc([N+](=O)[O-])cc1NC(=O)c1cc(-c2ccco2)nn1-c1ccccc1. The molecule has 0 aliphatic carbocycles. The third kappa shape index (κ3) is 3.63. The summed E-state index contributed by atoms with van der Waals surface area (Å²) in [5.41, 5.74) is 2.45. The number of nitrogens with one attached hydrogen (secondary N) is 1. The van der Waals surface area contributed by atoms with Gasteiger partial charge in [0, 0.05) is 18.2 Å². The lowest BCUT2D eigenvalue weighted by Gasteiger charge is -2.10. The van der Waals surface area contributed by atoms with Gasteiger partial charge < -0.3 is 9.73 Å². The zero-order valence-electron chi connectivity index (χ0n) is 15.4. The van der Waals surface area contributed by atoms with Crippen molar-refractivity contribution in [3.63, 3.8) is 0 Å². The molecule has 8 heteroatoms. The predicted molar refractivity (Wildman–Crippen MR) is 107 cm³/mol. The molecule has 0 saturated heterocycles. The molecule has 1 amide bonds. The summed E-state index contributed by atoms with van der Waals surface area (Å²) in [4.78, 5) is 23.6. The molecule has 2 heterocycles. The Labute approximate surface area is 165 Å². The third-order valence-electron chi connectivity index (χ3n) is 4.40. The molecule has 0 unspecified atom stereocenters. The van der Waals surface area contributed by atoms with E-state index in [2.05, 4.69) is 10.4 Å². The molecule has 0 aliphatic heterocycles. The molecule has 2 aromatic heterocycles. The number of nitro groups is 1. The van der Waals surface area contributed by atoms with Gasteiger partial charge in [0.1, 0.15) is 11.4 Å². The van der Waals surface area contributed by atoms with E-state index < -0.39 is 10.8 Å². The summed E-state index contributed by atoms with van der Waals surface area (Å²) >= 11 is 0. The highest BCUT2D eigenvalue weighted by molar-refractivity contribution is 6.04. The number of benzene rings is 2. The fourth-order valence-corrected chi connectivity index (χ4v) is 2.90. The lowest BCUT2D eigenvalue weighted by atomic mass is 10.1. The molecule has 0 saturated carbocycles. The monoisotopic (exact) mass is 388 g/mol. The van der Waals surface area contributed by atoms with E-state index >= 15 is 0 Å². The van der Waals surface area contributed by atoms with Crippen LogP contribution in [0, 0.1) is 17.0 Å². The van der Waals surface area contributed by atoms with Gasteiger partial charge >= 0.3 is 0 Å². The Morgan fingerprint density at radius 2 is 1.90 bits per heavy atom. The van der Waals surface area contributed by atoms with Crippen LogP contribution in [0.5, 0.6) is 0 Å². The lowest BCUT2D eigenvalue weighted by molar-refractivity contribution is -0.384. The van der Waals surface area contributed by atoms with Crippen molar-refractivity contribution in [3.8, 4) is 17.1 Å². The second-order valence-corrected chi connectivity index (χ2v) is 6.35. The number of nitro benzene ring substituents is 1. The summed E-state index contributed by atoms with van der Waals surface area (Å²) in [7, 11) is 0. The van der Waals surface area contributed by atoms with E-state index in [9.17, 15) is 14.9 Å². The molecule has 2 aromatic carbocycles. The number of nitrogens with zero attached hydrogens (tertiary/aromatic N) is 3. The fraction of sp³-hybridized carbons (Fsp3) is 0.0476. The van der Waals surface area contributed by atoms with Gasteiger partial charge in [0.05, 0.1) is 22.6 Å². The highest BCUT2D eigenvalue weighted by atomic mass is 16.6. The fourth-order valence-electron chi connectivity index (χ4n) is 2.90. The number of hydrogen-bond donors (Lipinski definition) is 1. The Bertz CT molecular complexity index is 1180. The first-order chi connectivity index (χ1) is 14.0. The number of non-ortho nitro benzene ring substituents is 1. The Morgan fingerprint density at radius 3 is 2.59 bits per heavy atom. The second kappa shape index (κ2) is 7.43. The highest BCUT2D eigenvalue weighted by Crippen LogP contribution is 2.25. The number of rotatable bonds is 5. The van der Waals surface area contributed by atoms with Crippen molar-refractivity contribution in [2.45, 2.75) is 6.92 Å². The number of aryl methyl sites for hydroxylation is 1. The van der Waals surface area contributed by atoms with Gasteiger partial charge in [-0.3, -0.25) is 14.9 Å². The molecule has 144 valence electrons. The normalized spacial score (nSPS) is 10.7. The summed E-state index contributed by atoms with van der Waals surface area (Å²) in [5, 5.41) is 18.3. The maximum absolute atomic E-state index is 13.1. The van der Waals surface area contributed by atoms with Crippen LogP contribution in [0.1, 0.15) is 16.1 Å². The second-order valence-electron chi connectivity index (χ2n) is 6.35. The van der Waals surface area contributed by atoms with Gasteiger partial charge in [-0.1, -0.05) is 24.3 Å². The third-order valence-corrected chi connectivity index (χ3v) is 4.40. The van der Waals surface area contributed by atoms with Crippen molar-refractivity contribution < 1.29 is 14.1 Å². The number of carbonyl (C=O) groups is 1. The lowest BCUT2D eigenvalue weighted by Crippen LogP contribution is -2.17. The average Bonchev–Trinajstić information content (AvgIpc) is 3.40. The molecule has 4 rings (SSSR count). The van der Waals surface area contributed by atoms with Crippen LogP contribution in [0.3, 0.4) is 0 Å². The largest absolute Gasteiger partial charge is 0.463 e. The topological polar surface area (TPSA) is 103 Å². The van der Waals surface area contributed by atoms with Crippen molar-refractivity contribution in [1.82, 2.24) is 9.78 Å². The Hall–Kier alpha value is -4.20. The van der Waals surface area contributed by atoms with Crippen LogP contribution in [0.4, 0.5) is 11.4 Å². The molecule has 0 spiro atoms. The van der Waals surface area contributed by atoms with E-state index in [1.807, 2.05) is 30.3 Å². The standard InChI is InChI=1S/C21H16N4O4/c1-14-9-10-16(25(27)28)12-17(14)22-21(26)19-13-18(20-8-5-11-29-20)23-24(19)15-6-3-2-4-7-15/h2-13H,1H3,(H,22,26). The van der Waals surface area contributed by atoms with Crippen LogP contribution >= 0.6 is 0 Å². The van der Waals surface area contributed by atoms with Crippen LogP contribution in [-0.2, 0) is 0 Å². The maximum Gasteiger partial charge on any atom is 0.274 e. The van der Waals surface area contributed by atoms with E-state index in [4.69, 9.17) is 4.42 Å². The van der Waals surface area contributed by atoms with Gasteiger partial charge in [0.2, 0.25) is 0 Å². The number of hydrogen-bond acceptors (Lipinski definition) is 5. The van der Waals surface area contributed by atoms with E-state index in [0.717, 1.165) is 0 Å². The van der Waals surface area contributed by atoms with Crippen LogP contribution in [0.2, 0.25) is 0 Å². The van der Waals surface area contributed by atoms with Crippen molar-refractivity contribution >= 4 is 17.3 Å². The van der Waals surface area contributed by atoms with E-state index in [-0.39, 0.29) is 11.4 Å². The molecular weight excluding hydrogens is 372 g/mol. The average molecular weight is 388 g/mol. The van der Waals surface area contributed by atoms with E-state index in [0.29, 0.717) is 28.4 Å². The van der Waals surface area contributed by atoms with E-state index in [1.54, 1.807) is 31.2 Å². The van der Waals surface area contributed by atoms with Gasteiger partial charge in [-0.15, -0.1) is 0 Å². The molecule has 1 N–H and O–H groups in total. The van der Waals surface area contributed by atoms with Gasteiger partial charge in [0.25, 0.3) is 11.6 Å². The van der Waals surface area contributed by atoms with Crippen LogP contribution in [-0.4, -0.2) is 20.6 Å². The zero-order valence-corrected chi connectivity index (χ0v) is 15.4. The molecule has 0 fully saturated rings. The first-order valence-corrected chi connectivity index (χ1v) is 8.78. The summed E-state index contributed by atoms with van der Waals surface area (Å²) in [6, 6.07) is 18.6. The van der Waals surface area contributed by atoms with Crippen molar-refractivity contribution in [3.05, 3.63) is 94.4 Å². The molecule has 8 nitrogen and oxygen atoms in total. The molecule has 0 radical (unpaired) electrons. The maximum atomic E-state index is 13.1. The summed E-state index contributed by atoms with van der Waals surface area (Å²) in [5.74, 6) is 0.0861. The number of para-hydroxylation sites is 1. The smallest absolute Gasteiger partial charge is 0.274 e. The van der Waals surface area contributed by atoms with Crippen molar-refractivity contribution in [1.29, 1.82) is 0 Å². The van der Waals surface area contributed by atoms with Crippen LogP contribution < -0.4 is 5.32 Å². The molecule has 0 atom stereocenters.